The maximum absolute atomic E-state index is 12.9. The molecule has 1 aromatic carbocycles. The Morgan fingerprint density at radius 3 is 2.16 bits per heavy atom. The van der Waals surface area contributed by atoms with E-state index in [1.807, 2.05) is 0 Å². The van der Waals surface area contributed by atoms with Crippen molar-refractivity contribution in [3.8, 4) is 0 Å². The third-order valence-corrected chi connectivity index (χ3v) is 5.18. The number of rotatable bonds is 8. The van der Waals surface area contributed by atoms with Crippen LogP contribution in [0.25, 0.3) is 0 Å². The normalized spacial score (nSPS) is 25.3. The van der Waals surface area contributed by atoms with Crippen LogP contribution in [0.5, 0.6) is 0 Å². The number of hydrogen-bond acceptors (Lipinski definition) is 8. The number of methoxy groups -OCH3 is 1. The second-order valence-corrected chi connectivity index (χ2v) is 7.43. The van der Waals surface area contributed by atoms with Crippen molar-refractivity contribution in [3.05, 3.63) is 60.7 Å². The summed E-state index contributed by atoms with van der Waals surface area (Å²) in [6, 6.07) is 5.92. The van der Waals surface area contributed by atoms with Crippen LogP contribution in [0.2, 0.25) is 0 Å². The Morgan fingerprint density at radius 1 is 1.10 bits per heavy atom. The maximum atomic E-state index is 12.9. The number of benzene rings is 1. The summed E-state index contributed by atoms with van der Waals surface area (Å²) in [5, 5.41) is 11.0. The molecule has 1 aliphatic carbocycles. The summed E-state index contributed by atoms with van der Waals surface area (Å²) in [6.45, 7) is 8.11. The van der Waals surface area contributed by atoms with Gasteiger partial charge in [-0.25, -0.2) is 4.79 Å². The zero-order valence-electron chi connectivity index (χ0n) is 17.5. The minimum Gasteiger partial charge on any atom is -0.465 e. The molecule has 0 aliphatic heterocycles. The van der Waals surface area contributed by atoms with Crippen molar-refractivity contribution in [2.24, 2.45) is 11.8 Å². The quantitative estimate of drug-likeness (QED) is 0.288. The number of carbonyl (C=O) groups excluding carboxylic acids is 4. The lowest BCUT2D eigenvalue weighted by molar-refractivity contribution is -0.172. The summed E-state index contributed by atoms with van der Waals surface area (Å²) in [5.74, 6) is -6.39. The fourth-order valence-corrected chi connectivity index (χ4v) is 3.84. The van der Waals surface area contributed by atoms with Crippen LogP contribution in [0.15, 0.2) is 49.6 Å². The maximum Gasteiger partial charge on any atom is 0.337 e. The Kier molecular flexibility index (Phi) is 7.88. The first-order chi connectivity index (χ1) is 14.7. The van der Waals surface area contributed by atoms with Crippen LogP contribution < -0.4 is 0 Å². The highest BCUT2D eigenvalue weighted by atomic mass is 16.5. The van der Waals surface area contributed by atoms with Crippen molar-refractivity contribution in [1.29, 1.82) is 0 Å². The summed E-state index contributed by atoms with van der Waals surface area (Å²) < 4.78 is 15.0. The van der Waals surface area contributed by atoms with E-state index in [1.165, 1.54) is 50.5 Å². The minimum absolute atomic E-state index is 0.0983. The van der Waals surface area contributed by atoms with Crippen molar-refractivity contribution < 1.29 is 38.5 Å². The molecule has 8 heteroatoms. The standard InChI is InChI=1S/C23H26O8/c1-5-11-30-21(26)18-16(24)13-23(3,28)19(22(27)31-12-6-2)17(18)14-7-9-15(10-8-14)20(25)29-4/h5-10,17-19,28H,1-2,11-13H2,3-4H3/t17-,18-,19-,23+/m1/s1. The molecule has 1 saturated carbocycles. The molecule has 1 aromatic rings. The summed E-state index contributed by atoms with van der Waals surface area (Å²) in [6.07, 6.45) is 2.30. The van der Waals surface area contributed by atoms with Gasteiger partial charge in [-0.15, -0.1) is 0 Å². The predicted molar refractivity (Wildman–Crippen MR) is 110 cm³/mol. The molecule has 0 bridgehead atoms. The van der Waals surface area contributed by atoms with Crippen LogP contribution in [0.1, 0.15) is 35.2 Å². The van der Waals surface area contributed by atoms with Gasteiger partial charge in [-0.2, -0.15) is 0 Å². The molecule has 4 atom stereocenters. The number of hydrogen-bond donors (Lipinski definition) is 1. The van der Waals surface area contributed by atoms with Crippen LogP contribution in [0.3, 0.4) is 0 Å². The zero-order chi connectivity index (χ0) is 23.2. The summed E-state index contributed by atoms with van der Waals surface area (Å²) >= 11 is 0. The highest BCUT2D eigenvalue weighted by molar-refractivity contribution is 6.03. The van der Waals surface area contributed by atoms with E-state index in [2.05, 4.69) is 17.9 Å². The number of aliphatic hydroxyl groups is 1. The lowest BCUT2D eigenvalue weighted by Gasteiger charge is -2.43. The van der Waals surface area contributed by atoms with E-state index >= 15 is 0 Å². The molecule has 0 radical (unpaired) electrons. The molecule has 1 aliphatic rings. The second kappa shape index (κ2) is 10.2. The number of esters is 3. The second-order valence-electron chi connectivity index (χ2n) is 7.43. The molecular formula is C23H26O8. The SMILES string of the molecule is C=CCOC(=O)[C@@H]1C(=O)C[C@](C)(O)[C@@H](C(=O)OCC=C)[C@@H]1c1ccc(C(=O)OC)cc1. The van der Waals surface area contributed by atoms with Gasteiger partial charge in [0.2, 0.25) is 0 Å². The topological polar surface area (TPSA) is 116 Å². The average molecular weight is 430 g/mol. The third kappa shape index (κ3) is 5.27. The summed E-state index contributed by atoms with van der Waals surface area (Å²) in [7, 11) is 1.24. The summed E-state index contributed by atoms with van der Waals surface area (Å²) in [4.78, 5) is 50.3. The predicted octanol–water partition coefficient (Wildman–Crippen LogP) is 1.97. The van der Waals surface area contributed by atoms with Gasteiger partial charge in [-0.05, 0) is 24.6 Å². The van der Waals surface area contributed by atoms with E-state index in [0.29, 0.717) is 5.56 Å². The average Bonchev–Trinajstić information content (AvgIpc) is 2.74. The number of ketones is 1. The Morgan fingerprint density at radius 2 is 1.65 bits per heavy atom. The minimum atomic E-state index is -1.77. The van der Waals surface area contributed by atoms with Gasteiger partial charge in [-0.1, -0.05) is 37.4 Å². The molecule has 31 heavy (non-hydrogen) atoms. The number of carbonyl (C=O) groups is 4. The molecule has 0 amide bonds. The molecule has 0 aromatic heterocycles. The Bertz CT molecular complexity index is 868. The molecule has 0 heterocycles. The molecule has 166 valence electrons. The van der Waals surface area contributed by atoms with Crippen molar-refractivity contribution >= 4 is 23.7 Å². The van der Waals surface area contributed by atoms with Gasteiger partial charge >= 0.3 is 17.9 Å². The lowest BCUT2D eigenvalue weighted by atomic mass is 9.61. The molecule has 1 N–H and O–H groups in total. The van der Waals surface area contributed by atoms with Gasteiger partial charge in [0.15, 0.2) is 5.78 Å². The Hall–Kier alpha value is -3.26. The molecule has 8 nitrogen and oxygen atoms in total. The monoisotopic (exact) mass is 430 g/mol. The molecular weight excluding hydrogens is 404 g/mol. The molecule has 0 spiro atoms. The van der Waals surface area contributed by atoms with E-state index < -0.39 is 53.5 Å². The first-order valence-corrected chi connectivity index (χ1v) is 9.66. The highest BCUT2D eigenvalue weighted by Gasteiger charge is 2.57. The van der Waals surface area contributed by atoms with Gasteiger partial charge in [0.05, 0.1) is 24.2 Å². The van der Waals surface area contributed by atoms with Crippen molar-refractivity contribution in [2.45, 2.75) is 24.9 Å². The van der Waals surface area contributed by atoms with Crippen molar-refractivity contribution in [1.82, 2.24) is 0 Å². The highest BCUT2D eigenvalue weighted by Crippen LogP contribution is 2.46. The van der Waals surface area contributed by atoms with Crippen LogP contribution in [0, 0.1) is 11.8 Å². The van der Waals surface area contributed by atoms with Gasteiger partial charge in [0.1, 0.15) is 19.1 Å². The van der Waals surface area contributed by atoms with E-state index in [9.17, 15) is 24.3 Å². The van der Waals surface area contributed by atoms with Gasteiger partial charge in [0, 0.05) is 12.3 Å². The molecule has 0 saturated heterocycles. The van der Waals surface area contributed by atoms with Crippen molar-refractivity contribution in [3.63, 3.8) is 0 Å². The Labute approximate surface area is 180 Å². The summed E-state index contributed by atoms with van der Waals surface area (Å²) in [5.41, 5.74) is -1.13. The van der Waals surface area contributed by atoms with Gasteiger partial charge < -0.3 is 19.3 Å². The van der Waals surface area contributed by atoms with E-state index in [-0.39, 0.29) is 18.8 Å². The largest absolute Gasteiger partial charge is 0.465 e. The fourth-order valence-electron chi connectivity index (χ4n) is 3.84. The molecule has 0 unspecified atom stereocenters. The first kappa shape index (κ1) is 24.0. The van der Waals surface area contributed by atoms with E-state index in [0.717, 1.165) is 0 Å². The Balaban J connectivity index is 2.58. The van der Waals surface area contributed by atoms with Crippen molar-refractivity contribution in [2.75, 3.05) is 20.3 Å². The number of Topliss-reactive ketones (excluding diaryl/α,β-unsaturated/α-hetero) is 1. The smallest absolute Gasteiger partial charge is 0.337 e. The van der Waals surface area contributed by atoms with Crippen LogP contribution in [-0.4, -0.2) is 54.7 Å². The fraction of sp³-hybridized carbons (Fsp3) is 0.391. The lowest BCUT2D eigenvalue weighted by Crippen LogP contribution is -2.55. The molecule has 1 fully saturated rings. The number of ether oxygens (including phenoxy) is 3. The van der Waals surface area contributed by atoms with Crippen LogP contribution in [-0.2, 0) is 28.6 Å². The van der Waals surface area contributed by atoms with Crippen LogP contribution in [0.4, 0.5) is 0 Å². The zero-order valence-corrected chi connectivity index (χ0v) is 17.5. The van der Waals surface area contributed by atoms with Gasteiger partial charge in [-0.3, -0.25) is 14.4 Å². The van der Waals surface area contributed by atoms with Gasteiger partial charge in [0.25, 0.3) is 0 Å². The van der Waals surface area contributed by atoms with E-state index in [4.69, 9.17) is 9.47 Å². The van der Waals surface area contributed by atoms with Crippen LogP contribution >= 0.6 is 0 Å². The van der Waals surface area contributed by atoms with E-state index in [1.54, 1.807) is 0 Å². The third-order valence-electron chi connectivity index (χ3n) is 5.18. The first-order valence-electron chi connectivity index (χ1n) is 9.66. The molecule has 2 rings (SSSR count).